The molecule has 1 aromatic heterocycles. The van der Waals surface area contributed by atoms with Crippen LogP contribution in [0.1, 0.15) is 46.0 Å². The molecule has 1 fully saturated rings. The van der Waals surface area contributed by atoms with Crippen LogP contribution in [-0.4, -0.2) is 53.9 Å². The molecule has 3 N–H and O–H groups in total. The molecule has 6 heteroatoms. The van der Waals surface area contributed by atoms with Gasteiger partial charge in [0.25, 0.3) is 0 Å². The molecule has 0 unspecified atom stereocenters. The summed E-state index contributed by atoms with van der Waals surface area (Å²) >= 11 is 0. The number of aromatic hydroxyl groups is 1. The number of hydrogen-bond donors (Lipinski definition) is 3. The smallest absolute Gasteiger partial charge is 0.235 e. The first-order valence-electron chi connectivity index (χ1n) is 9.42. The molecule has 27 heavy (non-hydrogen) atoms. The number of benzene rings is 1. The highest BCUT2D eigenvalue weighted by Crippen LogP contribution is 2.20. The number of aromatic amines is 1. The Balaban J connectivity index is 1.68. The van der Waals surface area contributed by atoms with E-state index in [-0.39, 0.29) is 23.4 Å². The zero-order chi connectivity index (χ0) is 19.7. The molecule has 1 aliphatic rings. The van der Waals surface area contributed by atoms with Gasteiger partial charge in [0.2, 0.25) is 5.78 Å². The Kier molecular flexibility index (Phi) is 5.37. The van der Waals surface area contributed by atoms with Gasteiger partial charge in [-0.15, -0.1) is 0 Å². The van der Waals surface area contributed by atoms with Crippen LogP contribution in [0.4, 0.5) is 5.69 Å². The highest BCUT2D eigenvalue weighted by Gasteiger charge is 2.32. The van der Waals surface area contributed by atoms with Gasteiger partial charge >= 0.3 is 0 Å². The third kappa shape index (κ3) is 3.76. The number of Topliss-reactive ketones (excluding diaryl/α,β-unsaturated/α-hetero) is 2. The quantitative estimate of drug-likeness (QED) is 0.698. The van der Waals surface area contributed by atoms with Gasteiger partial charge in [0.1, 0.15) is 5.75 Å². The largest absolute Gasteiger partial charge is 0.508 e. The summed E-state index contributed by atoms with van der Waals surface area (Å²) in [5.74, 6) is 0.322. The van der Waals surface area contributed by atoms with E-state index in [1.165, 1.54) is 11.8 Å². The number of aromatic nitrogens is 1. The molecule has 0 amide bonds. The first kappa shape index (κ1) is 19.2. The Morgan fingerprint density at radius 2 is 1.74 bits per heavy atom. The van der Waals surface area contributed by atoms with Crippen LogP contribution in [0.3, 0.4) is 0 Å². The Bertz CT molecular complexity index is 846. The first-order chi connectivity index (χ1) is 12.8. The highest BCUT2D eigenvalue weighted by molar-refractivity contribution is 6.04. The predicted octanol–water partition coefficient (Wildman–Crippen LogP) is 1.52. The fourth-order valence-electron chi connectivity index (χ4n) is 4.07. The minimum Gasteiger partial charge on any atom is -0.508 e. The maximum absolute atomic E-state index is 13.0. The summed E-state index contributed by atoms with van der Waals surface area (Å²) in [5.41, 5.74) is 3.82. The highest BCUT2D eigenvalue weighted by atomic mass is 16.3. The van der Waals surface area contributed by atoms with Crippen LogP contribution in [0.5, 0.6) is 5.75 Å². The maximum Gasteiger partial charge on any atom is 0.235 e. The molecule has 0 saturated carbocycles. The summed E-state index contributed by atoms with van der Waals surface area (Å²) in [6.45, 7) is 10.6. The van der Waals surface area contributed by atoms with Gasteiger partial charge < -0.3 is 19.9 Å². The van der Waals surface area contributed by atoms with Crippen LogP contribution in [0.25, 0.3) is 0 Å². The Morgan fingerprint density at radius 3 is 2.26 bits per heavy atom. The minimum absolute atomic E-state index is 0.0113. The van der Waals surface area contributed by atoms with Crippen molar-refractivity contribution in [2.24, 2.45) is 0 Å². The van der Waals surface area contributed by atoms with Crippen molar-refractivity contribution >= 4 is 17.3 Å². The van der Waals surface area contributed by atoms with Crippen molar-refractivity contribution in [3.63, 3.8) is 0 Å². The third-order valence-electron chi connectivity index (χ3n) is 5.66. The van der Waals surface area contributed by atoms with Crippen molar-refractivity contribution in [1.82, 2.24) is 4.98 Å². The number of quaternary nitrogens is 1. The second kappa shape index (κ2) is 7.56. The summed E-state index contributed by atoms with van der Waals surface area (Å²) in [6.07, 6.45) is 0. The van der Waals surface area contributed by atoms with E-state index in [1.807, 2.05) is 32.9 Å². The van der Waals surface area contributed by atoms with Gasteiger partial charge in [0.05, 0.1) is 31.9 Å². The number of anilines is 1. The molecule has 3 rings (SSSR count). The second-order valence-corrected chi connectivity index (χ2v) is 7.43. The molecular formula is C21H28N3O3+. The summed E-state index contributed by atoms with van der Waals surface area (Å²) in [6, 6.07) is 7.07. The molecule has 144 valence electrons. The van der Waals surface area contributed by atoms with Gasteiger partial charge in [0.15, 0.2) is 11.8 Å². The lowest BCUT2D eigenvalue weighted by Crippen LogP contribution is -3.18. The van der Waals surface area contributed by atoms with Crippen molar-refractivity contribution in [2.45, 2.75) is 33.7 Å². The normalized spacial score (nSPS) is 16.4. The zero-order valence-corrected chi connectivity index (χ0v) is 16.4. The van der Waals surface area contributed by atoms with E-state index < -0.39 is 0 Å². The number of carbonyl (C=O) groups excluding carboxylic acids is 2. The monoisotopic (exact) mass is 370 g/mol. The Labute approximate surface area is 159 Å². The number of piperazine rings is 1. The van der Waals surface area contributed by atoms with E-state index in [2.05, 4.69) is 9.88 Å². The van der Waals surface area contributed by atoms with E-state index in [0.29, 0.717) is 11.3 Å². The average Bonchev–Trinajstić information content (AvgIpc) is 2.95. The van der Waals surface area contributed by atoms with Crippen molar-refractivity contribution in [1.29, 1.82) is 0 Å². The molecule has 2 aromatic rings. The van der Waals surface area contributed by atoms with E-state index in [4.69, 9.17) is 0 Å². The summed E-state index contributed by atoms with van der Waals surface area (Å²) in [4.78, 5) is 31.5. The molecule has 1 aromatic carbocycles. The zero-order valence-electron chi connectivity index (χ0n) is 16.4. The van der Waals surface area contributed by atoms with Gasteiger partial charge in [0, 0.05) is 16.9 Å². The van der Waals surface area contributed by atoms with Crippen LogP contribution in [0.2, 0.25) is 0 Å². The lowest BCUT2D eigenvalue weighted by Gasteiger charge is -2.36. The lowest BCUT2D eigenvalue weighted by atomic mass is 10.0. The molecule has 2 heterocycles. The fraction of sp³-hybridized carbons (Fsp3) is 0.429. The predicted molar refractivity (Wildman–Crippen MR) is 105 cm³/mol. The molecule has 0 bridgehead atoms. The summed E-state index contributed by atoms with van der Waals surface area (Å²) in [5, 5.41) is 9.43. The van der Waals surface area contributed by atoms with Gasteiger partial charge in [-0.05, 0) is 57.5 Å². The van der Waals surface area contributed by atoms with Crippen LogP contribution in [-0.2, 0) is 0 Å². The molecule has 1 aliphatic heterocycles. The van der Waals surface area contributed by atoms with E-state index in [1.54, 1.807) is 12.1 Å². The average molecular weight is 370 g/mol. The summed E-state index contributed by atoms with van der Waals surface area (Å²) in [7, 11) is 0. The first-order valence-corrected chi connectivity index (χ1v) is 9.42. The topological polar surface area (TPSA) is 77.8 Å². The van der Waals surface area contributed by atoms with Crippen LogP contribution in [0.15, 0.2) is 24.3 Å². The van der Waals surface area contributed by atoms with Gasteiger partial charge in [-0.3, -0.25) is 9.59 Å². The van der Waals surface area contributed by atoms with E-state index >= 15 is 0 Å². The number of carbonyl (C=O) groups is 2. The van der Waals surface area contributed by atoms with Crippen molar-refractivity contribution in [3.8, 4) is 5.75 Å². The molecule has 6 nitrogen and oxygen atoms in total. The van der Waals surface area contributed by atoms with Crippen LogP contribution in [0, 0.1) is 13.8 Å². The SMILES string of the molecule is CC(=O)c1c(C)[nH]c(C(=O)[C@H](C)[NH+]2CCN(c3ccc(O)cc3)CC2)c1C. The molecule has 0 spiro atoms. The van der Waals surface area contributed by atoms with Gasteiger partial charge in [-0.2, -0.15) is 0 Å². The van der Waals surface area contributed by atoms with Crippen LogP contribution < -0.4 is 9.80 Å². The number of phenolic OH excluding ortho intramolecular Hbond substituents is 1. The minimum atomic E-state index is -0.163. The number of ketones is 2. The van der Waals surface area contributed by atoms with Crippen LogP contribution >= 0.6 is 0 Å². The van der Waals surface area contributed by atoms with Gasteiger partial charge in [-0.25, -0.2) is 0 Å². The fourth-order valence-corrected chi connectivity index (χ4v) is 4.07. The molecule has 0 aliphatic carbocycles. The second-order valence-electron chi connectivity index (χ2n) is 7.43. The van der Waals surface area contributed by atoms with Crippen molar-refractivity contribution in [3.05, 3.63) is 46.8 Å². The Hall–Kier alpha value is -2.60. The van der Waals surface area contributed by atoms with E-state index in [9.17, 15) is 14.7 Å². The number of hydrogen-bond acceptors (Lipinski definition) is 4. The third-order valence-corrected chi connectivity index (χ3v) is 5.66. The molecule has 1 saturated heterocycles. The Morgan fingerprint density at radius 1 is 1.15 bits per heavy atom. The van der Waals surface area contributed by atoms with E-state index in [0.717, 1.165) is 43.1 Å². The van der Waals surface area contributed by atoms with Crippen molar-refractivity contribution < 1.29 is 19.6 Å². The standard InChI is InChI=1S/C21H27N3O3/c1-13-19(16(4)25)14(2)22-20(13)21(27)15(3)23-9-11-24(12-10-23)17-5-7-18(26)8-6-17/h5-8,15,22,26H,9-12H2,1-4H3/p+1/t15-/m0/s1. The number of rotatable bonds is 5. The summed E-state index contributed by atoms with van der Waals surface area (Å²) < 4.78 is 0. The van der Waals surface area contributed by atoms with Gasteiger partial charge in [-0.1, -0.05) is 0 Å². The maximum atomic E-state index is 13.0. The molecule has 0 radical (unpaired) electrons. The molecular weight excluding hydrogens is 342 g/mol. The lowest BCUT2D eigenvalue weighted by molar-refractivity contribution is -0.914. The molecule has 1 atom stereocenters. The number of nitrogens with zero attached hydrogens (tertiary/aromatic N) is 1. The number of aryl methyl sites for hydroxylation is 1. The van der Waals surface area contributed by atoms with Crippen molar-refractivity contribution in [2.75, 3.05) is 31.1 Å². The number of H-pyrrole nitrogens is 1. The number of nitrogens with one attached hydrogen (secondary N) is 2. The number of phenols is 1.